The van der Waals surface area contributed by atoms with E-state index in [1.165, 1.54) is 0 Å². The van der Waals surface area contributed by atoms with E-state index in [0.29, 0.717) is 6.54 Å². The number of carbonyl (C=O) groups excluding carboxylic acids is 1. The molecule has 2 amide bonds. The third-order valence-electron chi connectivity index (χ3n) is 2.71. The van der Waals surface area contributed by atoms with Crippen LogP contribution in [0, 0.1) is 0 Å². The zero-order valence-electron chi connectivity index (χ0n) is 11.4. The molecule has 0 aromatic heterocycles. The Hall–Kier alpha value is -1.71. The van der Waals surface area contributed by atoms with Crippen LogP contribution in [0.2, 0.25) is 0 Å². The second-order valence-corrected chi connectivity index (χ2v) is 4.29. The van der Waals surface area contributed by atoms with Gasteiger partial charge in [0.2, 0.25) is 0 Å². The predicted molar refractivity (Wildman–Crippen MR) is 72.8 cm³/mol. The Balaban J connectivity index is 2.47. The van der Waals surface area contributed by atoms with Gasteiger partial charge >= 0.3 is 6.03 Å². The normalized spacial score (nSPS) is 9.94. The van der Waals surface area contributed by atoms with E-state index in [-0.39, 0.29) is 6.03 Å². The van der Waals surface area contributed by atoms with E-state index in [2.05, 4.69) is 12.2 Å². The fourth-order valence-electron chi connectivity index (χ4n) is 1.62. The SMILES string of the molecule is CCCCNC(=O)N(C)Cc1cccc(OC)c1. The molecule has 0 aliphatic carbocycles. The third kappa shape index (κ3) is 4.65. The summed E-state index contributed by atoms with van der Waals surface area (Å²) in [5.74, 6) is 0.812. The van der Waals surface area contributed by atoms with E-state index in [9.17, 15) is 4.79 Å². The summed E-state index contributed by atoms with van der Waals surface area (Å²) in [4.78, 5) is 13.4. The third-order valence-corrected chi connectivity index (χ3v) is 2.71. The molecule has 4 nitrogen and oxygen atoms in total. The lowest BCUT2D eigenvalue weighted by Crippen LogP contribution is -2.37. The van der Waals surface area contributed by atoms with Crippen molar-refractivity contribution in [3.63, 3.8) is 0 Å². The first kappa shape index (κ1) is 14.4. The molecule has 100 valence electrons. The summed E-state index contributed by atoms with van der Waals surface area (Å²) in [6, 6.07) is 7.71. The average Bonchev–Trinajstić information content (AvgIpc) is 2.39. The highest BCUT2D eigenvalue weighted by Gasteiger charge is 2.08. The van der Waals surface area contributed by atoms with Gasteiger partial charge in [-0.05, 0) is 24.1 Å². The molecule has 4 heteroatoms. The molecule has 0 saturated carbocycles. The Morgan fingerprint density at radius 1 is 1.44 bits per heavy atom. The number of nitrogens with one attached hydrogen (secondary N) is 1. The van der Waals surface area contributed by atoms with Gasteiger partial charge in [0, 0.05) is 20.1 Å². The first-order valence-electron chi connectivity index (χ1n) is 6.29. The molecule has 1 aromatic rings. The number of rotatable bonds is 6. The summed E-state index contributed by atoms with van der Waals surface area (Å²) in [5.41, 5.74) is 1.06. The number of unbranched alkanes of at least 4 members (excludes halogenated alkanes) is 1. The van der Waals surface area contributed by atoms with E-state index < -0.39 is 0 Å². The van der Waals surface area contributed by atoms with Crippen LogP contribution in [0.3, 0.4) is 0 Å². The molecule has 0 fully saturated rings. The van der Waals surface area contributed by atoms with Crippen LogP contribution in [0.5, 0.6) is 5.75 Å². The quantitative estimate of drug-likeness (QED) is 0.789. The standard InChI is InChI=1S/C14H22N2O2/c1-4-5-9-15-14(17)16(2)11-12-7-6-8-13(10-12)18-3/h6-8,10H,4-5,9,11H2,1-3H3,(H,15,17). The number of hydrogen-bond acceptors (Lipinski definition) is 2. The van der Waals surface area contributed by atoms with Crippen molar-refractivity contribution in [2.45, 2.75) is 26.3 Å². The Labute approximate surface area is 109 Å². The summed E-state index contributed by atoms with van der Waals surface area (Å²) in [6.07, 6.45) is 2.10. The Bertz CT molecular complexity index is 380. The van der Waals surface area contributed by atoms with Crippen molar-refractivity contribution < 1.29 is 9.53 Å². The maximum atomic E-state index is 11.8. The monoisotopic (exact) mass is 250 g/mol. The number of carbonyl (C=O) groups is 1. The first-order valence-corrected chi connectivity index (χ1v) is 6.29. The van der Waals surface area contributed by atoms with E-state index in [1.807, 2.05) is 24.3 Å². The fraction of sp³-hybridized carbons (Fsp3) is 0.500. The molecule has 0 saturated heterocycles. The Kier molecular flexibility index (Phi) is 6.05. The van der Waals surface area contributed by atoms with Crippen LogP contribution in [0.1, 0.15) is 25.3 Å². The van der Waals surface area contributed by atoms with Crippen LogP contribution in [0.15, 0.2) is 24.3 Å². The molecule has 18 heavy (non-hydrogen) atoms. The minimum absolute atomic E-state index is 0.0359. The van der Waals surface area contributed by atoms with Crippen molar-refractivity contribution in [2.24, 2.45) is 0 Å². The van der Waals surface area contributed by atoms with Gasteiger partial charge in [0.1, 0.15) is 5.75 Å². The minimum Gasteiger partial charge on any atom is -0.497 e. The van der Waals surface area contributed by atoms with Gasteiger partial charge in [0.05, 0.1) is 7.11 Å². The van der Waals surface area contributed by atoms with Gasteiger partial charge in [-0.2, -0.15) is 0 Å². The number of hydrogen-bond donors (Lipinski definition) is 1. The number of nitrogens with zero attached hydrogens (tertiary/aromatic N) is 1. The molecule has 0 heterocycles. The van der Waals surface area contributed by atoms with Gasteiger partial charge in [-0.25, -0.2) is 4.79 Å². The molecule has 1 rings (SSSR count). The van der Waals surface area contributed by atoms with Crippen molar-refractivity contribution in [1.82, 2.24) is 10.2 Å². The molecule has 0 aliphatic heterocycles. The largest absolute Gasteiger partial charge is 0.497 e. The molecule has 1 N–H and O–H groups in total. The van der Waals surface area contributed by atoms with Crippen LogP contribution in [0.25, 0.3) is 0 Å². The minimum atomic E-state index is -0.0359. The van der Waals surface area contributed by atoms with Crippen molar-refractivity contribution >= 4 is 6.03 Å². The fourth-order valence-corrected chi connectivity index (χ4v) is 1.62. The molecule has 0 unspecified atom stereocenters. The molecular formula is C14H22N2O2. The summed E-state index contributed by atoms with van der Waals surface area (Å²) in [6.45, 7) is 3.42. The smallest absolute Gasteiger partial charge is 0.317 e. The van der Waals surface area contributed by atoms with Crippen molar-refractivity contribution in [2.75, 3.05) is 20.7 Å². The lowest BCUT2D eigenvalue weighted by molar-refractivity contribution is 0.206. The number of benzene rings is 1. The molecule has 0 aliphatic rings. The van der Waals surface area contributed by atoms with E-state index in [0.717, 1.165) is 30.7 Å². The van der Waals surface area contributed by atoms with Gasteiger partial charge in [-0.15, -0.1) is 0 Å². The summed E-state index contributed by atoms with van der Waals surface area (Å²) in [5, 5.41) is 2.89. The van der Waals surface area contributed by atoms with Gasteiger partial charge in [0.15, 0.2) is 0 Å². The van der Waals surface area contributed by atoms with Crippen molar-refractivity contribution in [3.8, 4) is 5.75 Å². The van der Waals surface area contributed by atoms with Gasteiger partial charge in [-0.1, -0.05) is 25.5 Å². The zero-order chi connectivity index (χ0) is 13.4. The second-order valence-electron chi connectivity index (χ2n) is 4.29. The van der Waals surface area contributed by atoms with Crippen LogP contribution in [0.4, 0.5) is 4.79 Å². The highest BCUT2D eigenvalue weighted by atomic mass is 16.5. The first-order chi connectivity index (χ1) is 8.67. The van der Waals surface area contributed by atoms with E-state index in [1.54, 1.807) is 19.1 Å². The molecule has 1 aromatic carbocycles. The number of methoxy groups -OCH3 is 1. The summed E-state index contributed by atoms with van der Waals surface area (Å²) < 4.78 is 5.16. The lowest BCUT2D eigenvalue weighted by atomic mass is 10.2. The highest BCUT2D eigenvalue weighted by molar-refractivity contribution is 5.73. The molecule has 0 bridgehead atoms. The van der Waals surface area contributed by atoms with Gasteiger partial charge in [0.25, 0.3) is 0 Å². The number of ether oxygens (including phenoxy) is 1. The van der Waals surface area contributed by atoms with E-state index >= 15 is 0 Å². The zero-order valence-corrected chi connectivity index (χ0v) is 11.4. The van der Waals surface area contributed by atoms with Crippen LogP contribution < -0.4 is 10.1 Å². The van der Waals surface area contributed by atoms with Gasteiger partial charge < -0.3 is 15.0 Å². The molecule has 0 atom stereocenters. The Morgan fingerprint density at radius 3 is 2.89 bits per heavy atom. The summed E-state index contributed by atoms with van der Waals surface area (Å²) in [7, 11) is 3.43. The number of urea groups is 1. The maximum Gasteiger partial charge on any atom is 0.317 e. The predicted octanol–water partition coefficient (Wildman–Crippen LogP) is 2.64. The van der Waals surface area contributed by atoms with Crippen LogP contribution >= 0.6 is 0 Å². The van der Waals surface area contributed by atoms with Crippen molar-refractivity contribution in [1.29, 1.82) is 0 Å². The molecule has 0 radical (unpaired) electrons. The van der Waals surface area contributed by atoms with Crippen LogP contribution in [-0.2, 0) is 6.54 Å². The van der Waals surface area contributed by atoms with Crippen LogP contribution in [-0.4, -0.2) is 31.6 Å². The van der Waals surface area contributed by atoms with Crippen molar-refractivity contribution in [3.05, 3.63) is 29.8 Å². The maximum absolute atomic E-state index is 11.8. The van der Waals surface area contributed by atoms with Gasteiger partial charge in [-0.3, -0.25) is 0 Å². The number of amides is 2. The lowest BCUT2D eigenvalue weighted by Gasteiger charge is -2.18. The molecular weight excluding hydrogens is 228 g/mol. The van der Waals surface area contributed by atoms with E-state index in [4.69, 9.17) is 4.74 Å². The summed E-state index contributed by atoms with van der Waals surface area (Å²) >= 11 is 0. The highest BCUT2D eigenvalue weighted by Crippen LogP contribution is 2.13. The Morgan fingerprint density at radius 2 is 2.22 bits per heavy atom. The molecule has 0 spiro atoms. The topological polar surface area (TPSA) is 41.6 Å². The average molecular weight is 250 g/mol. The second kappa shape index (κ2) is 7.58.